The number of rotatable bonds is 3. The highest BCUT2D eigenvalue weighted by molar-refractivity contribution is 7.09. The highest BCUT2D eigenvalue weighted by atomic mass is 32.1. The third-order valence-electron chi connectivity index (χ3n) is 3.51. The molecule has 0 saturated carbocycles. The molecular weight excluding hydrogens is 244 g/mol. The van der Waals surface area contributed by atoms with Crippen molar-refractivity contribution in [3.63, 3.8) is 0 Å². The zero-order valence-electron chi connectivity index (χ0n) is 11.6. The minimum Gasteiger partial charge on any atom is -0.322 e. The second-order valence-corrected chi connectivity index (χ2v) is 6.29. The molecule has 0 spiro atoms. The number of hydrogen-bond acceptors (Lipinski definition) is 5. The Morgan fingerprint density at radius 3 is 3.00 bits per heavy atom. The van der Waals surface area contributed by atoms with Gasteiger partial charge in [0.05, 0.1) is 11.7 Å². The SMILES string of the molecule is CC(N)c1nc(CN2CCCN(C)CC2C)cs1. The van der Waals surface area contributed by atoms with Gasteiger partial charge in [0.2, 0.25) is 0 Å². The maximum absolute atomic E-state index is 5.86. The van der Waals surface area contributed by atoms with Gasteiger partial charge in [0, 0.05) is 31.1 Å². The van der Waals surface area contributed by atoms with E-state index in [1.807, 2.05) is 6.92 Å². The minimum absolute atomic E-state index is 0.0523. The molecule has 1 aliphatic heterocycles. The van der Waals surface area contributed by atoms with Crippen molar-refractivity contribution in [1.29, 1.82) is 0 Å². The third-order valence-corrected chi connectivity index (χ3v) is 4.60. The van der Waals surface area contributed by atoms with E-state index in [0.29, 0.717) is 6.04 Å². The van der Waals surface area contributed by atoms with Crippen LogP contribution >= 0.6 is 11.3 Å². The van der Waals surface area contributed by atoms with Gasteiger partial charge in [0.25, 0.3) is 0 Å². The molecule has 2 N–H and O–H groups in total. The van der Waals surface area contributed by atoms with Crippen molar-refractivity contribution in [1.82, 2.24) is 14.8 Å². The van der Waals surface area contributed by atoms with Gasteiger partial charge in [0.1, 0.15) is 5.01 Å². The van der Waals surface area contributed by atoms with Crippen LogP contribution in [0.25, 0.3) is 0 Å². The van der Waals surface area contributed by atoms with Crippen molar-refractivity contribution >= 4 is 11.3 Å². The van der Waals surface area contributed by atoms with Crippen molar-refractivity contribution in [2.75, 3.05) is 26.7 Å². The fourth-order valence-electron chi connectivity index (χ4n) is 2.47. The zero-order chi connectivity index (χ0) is 13.1. The van der Waals surface area contributed by atoms with Gasteiger partial charge in [-0.25, -0.2) is 4.98 Å². The normalized spacial score (nSPS) is 25.0. The number of hydrogen-bond donors (Lipinski definition) is 1. The lowest BCUT2D eigenvalue weighted by Gasteiger charge is -2.27. The van der Waals surface area contributed by atoms with E-state index in [-0.39, 0.29) is 6.04 Å². The zero-order valence-corrected chi connectivity index (χ0v) is 12.4. The summed E-state index contributed by atoms with van der Waals surface area (Å²) in [4.78, 5) is 9.57. The molecule has 18 heavy (non-hydrogen) atoms. The Kier molecular flexibility index (Phi) is 4.72. The first-order chi connectivity index (χ1) is 8.56. The maximum atomic E-state index is 5.86. The maximum Gasteiger partial charge on any atom is 0.109 e. The fraction of sp³-hybridized carbons (Fsp3) is 0.769. The molecule has 5 heteroatoms. The number of nitrogens with zero attached hydrogens (tertiary/aromatic N) is 3. The Balaban J connectivity index is 1.98. The monoisotopic (exact) mass is 268 g/mol. The molecule has 1 saturated heterocycles. The van der Waals surface area contributed by atoms with E-state index >= 15 is 0 Å². The number of likely N-dealkylation sites (N-methyl/N-ethyl adjacent to an activating group) is 1. The lowest BCUT2D eigenvalue weighted by molar-refractivity contribution is 0.193. The molecule has 2 rings (SSSR count). The summed E-state index contributed by atoms with van der Waals surface area (Å²) < 4.78 is 0. The third kappa shape index (κ3) is 3.51. The van der Waals surface area contributed by atoms with Crippen molar-refractivity contribution < 1.29 is 0 Å². The summed E-state index contributed by atoms with van der Waals surface area (Å²) in [7, 11) is 2.21. The first-order valence-electron chi connectivity index (χ1n) is 6.68. The lowest BCUT2D eigenvalue weighted by atomic mass is 10.2. The largest absolute Gasteiger partial charge is 0.322 e. The topological polar surface area (TPSA) is 45.4 Å². The van der Waals surface area contributed by atoms with Crippen LogP contribution < -0.4 is 5.73 Å². The van der Waals surface area contributed by atoms with Crippen molar-refractivity contribution in [3.8, 4) is 0 Å². The van der Waals surface area contributed by atoms with Crippen molar-refractivity contribution in [2.24, 2.45) is 5.73 Å². The van der Waals surface area contributed by atoms with Gasteiger partial charge >= 0.3 is 0 Å². The van der Waals surface area contributed by atoms with Gasteiger partial charge in [0.15, 0.2) is 0 Å². The molecule has 1 aromatic heterocycles. The number of aromatic nitrogens is 1. The summed E-state index contributed by atoms with van der Waals surface area (Å²) in [5.74, 6) is 0. The molecule has 0 amide bonds. The fourth-order valence-corrected chi connectivity index (χ4v) is 3.24. The molecule has 1 aromatic rings. The van der Waals surface area contributed by atoms with E-state index in [2.05, 4.69) is 34.1 Å². The van der Waals surface area contributed by atoms with Crippen LogP contribution in [-0.4, -0.2) is 47.5 Å². The van der Waals surface area contributed by atoms with E-state index in [1.165, 1.54) is 18.7 Å². The average molecular weight is 268 g/mol. The Bertz CT molecular complexity index is 377. The van der Waals surface area contributed by atoms with Gasteiger partial charge in [-0.2, -0.15) is 0 Å². The highest BCUT2D eigenvalue weighted by Crippen LogP contribution is 2.19. The van der Waals surface area contributed by atoms with Gasteiger partial charge in [-0.15, -0.1) is 11.3 Å². The first kappa shape index (κ1) is 13.9. The Hall–Kier alpha value is -0.490. The molecule has 0 aromatic carbocycles. The number of nitrogens with two attached hydrogens (primary N) is 1. The molecule has 102 valence electrons. The lowest BCUT2D eigenvalue weighted by Crippen LogP contribution is -2.37. The average Bonchev–Trinajstić information content (AvgIpc) is 2.70. The summed E-state index contributed by atoms with van der Waals surface area (Å²) >= 11 is 1.68. The second kappa shape index (κ2) is 6.10. The minimum atomic E-state index is 0.0523. The van der Waals surface area contributed by atoms with Crippen molar-refractivity contribution in [2.45, 2.75) is 38.9 Å². The van der Waals surface area contributed by atoms with Gasteiger partial charge in [-0.1, -0.05) is 0 Å². The van der Waals surface area contributed by atoms with Crippen LogP contribution in [0, 0.1) is 0 Å². The Morgan fingerprint density at radius 1 is 1.56 bits per heavy atom. The van der Waals surface area contributed by atoms with Crippen LogP contribution in [-0.2, 0) is 6.54 Å². The molecular formula is C13H24N4S. The van der Waals surface area contributed by atoms with Crippen LogP contribution in [0.2, 0.25) is 0 Å². The van der Waals surface area contributed by atoms with E-state index in [4.69, 9.17) is 5.73 Å². The summed E-state index contributed by atoms with van der Waals surface area (Å²) in [5.41, 5.74) is 7.03. The number of thiazole rings is 1. The smallest absolute Gasteiger partial charge is 0.109 e. The molecule has 2 unspecified atom stereocenters. The van der Waals surface area contributed by atoms with E-state index in [0.717, 1.165) is 24.6 Å². The molecule has 2 atom stereocenters. The van der Waals surface area contributed by atoms with E-state index in [1.54, 1.807) is 11.3 Å². The molecule has 1 aliphatic rings. The highest BCUT2D eigenvalue weighted by Gasteiger charge is 2.20. The van der Waals surface area contributed by atoms with Crippen LogP contribution in [0.3, 0.4) is 0 Å². The van der Waals surface area contributed by atoms with Gasteiger partial charge in [-0.05, 0) is 33.9 Å². The predicted octanol–water partition coefficient (Wildman–Crippen LogP) is 1.69. The molecule has 4 nitrogen and oxygen atoms in total. The van der Waals surface area contributed by atoms with E-state index < -0.39 is 0 Å². The first-order valence-corrected chi connectivity index (χ1v) is 7.56. The second-order valence-electron chi connectivity index (χ2n) is 5.40. The van der Waals surface area contributed by atoms with Crippen molar-refractivity contribution in [3.05, 3.63) is 16.1 Å². The molecule has 2 heterocycles. The summed E-state index contributed by atoms with van der Waals surface area (Å²) in [6, 6.07) is 0.648. The van der Waals surface area contributed by atoms with Crippen LogP contribution in [0.5, 0.6) is 0 Å². The molecule has 1 fully saturated rings. The van der Waals surface area contributed by atoms with Gasteiger partial charge < -0.3 is 10.6 Å². The van der Waals surface area contributed by atoms with E-state index in [9.17, 15) is 0 Å². The van der Waals surface area contributed by atoms with Gasteiger partial charge in [-0.3, -0.25) is 4.90 Å². The molecule has 0 aliphatic carbocycles. The predicted molar refractivity (Wildman–Crippen MR) is 76.7 cm³/mol. The molecule has 0 bridgehead atoms. The van der Waals surface area contributed by atoms with Crippen LogP contribution in [0.15, 0.2) is 5.38 Å². The summed E-state index contributed by atoms with van der Waals surface area (Å²) in [5, 5.41) is 3.20. The standard InChI is InChI=1S/C13H24N4S/c1-10-7-16(3)5-4-6-17(10)8-12-9-18-13(15-12)11(2)14/h9-11H,4-8,14H2,1-3H3. The van der Waals surface area contributed by atoms with Crippen LogP contribution in [0.4, 0.5) is 0 Å². The van der Waals surface area contributed by atoms with Crippen LogP contribution in [0.1, 0.15) is 37.0 Å². The summed E-state index contributed by atoms with van der Waals surface area (Å²) in [6.45, 7) is 8.76. The molecule has 0 radical (unpaired) electrons. The Morgan fingerprint density at radius 2 is 2.33 bits per heavy atom. The Labute approximate surface area is 114 Å². The quantitative estimate of drug-likeness (QED) is 0.906. The summed E-state index contributed by atoms with van der Waals surface area (Å²) in [6.07, 6.45) is 1.24.